The van der Waals surface area contributed by atoms with Gasteiger partial charge in [0.05, 0.1) is 19.2 Å². The van der Waals surface area contributed by atoms with Crippen molar-refractivity contribution in [1.82, 2.24) is 5.32 Å². The Balaban J connectivity index is 2.06. The summed E-state index contributed by atoms with van der Waals surface area (Å²) in [6, 6.07) is 17.0. The summed E-state index contributed by atoms with van der Waals surface area (Å²) in [6.07, 6.45) is 0.847. The number of ether oxygens (including phenoxy) is 1. The SMILES string of the molecule is CCOC(=O)CN[C@@H](Cc1ccccc1)C(=O)Cc1cccc(Br)c1. The number of ketones is 1. The third-order valence-electron chi connectivity index (χ3n) is 3.74. The Morgan fingerprint density at radius 2 is 1.80 bits per heavy atom. The standard InChI is InChI=1S/C20H22BrNO3/c1-2-25-20(24)14-22-18(12-15-7-4-3-5-8-15)19(23)13-16-9-6-10-17(21)11-16/h3-11,18,22H,2,12-14H2,1H3/t18-/m0/s1. The lowest BCUT2D eigenvalue weighted by Crippen LogP contribution is -2.42. The van der Waals surface area contributed by atoms with E-state index in [-0.39, 0.29) is 18.3 Å². The average molecular weight is 404 g/mol. The number of carbonyl (C=O) groups excluding carboxylic acids is 2. The first-order valence-corrected chi connectivity index (χ1v) is 9.08. The van der Waals surface area contributed by atoms with E-state index >= 15 is 0 Å². The zero-order chi connectivity index (χ0) is 18.1. The fourth-order valence-corrected chi connectivity index (χ4v) is 2.99. The van der Waals surface area contributed by atoms with Crippen LogP contribution < -0.4 is 5.32 Å². The number of rotatable bonds is 9. The minimum absolute atomic E-state index is 0.0234. The van der Waals surface area contributed by atoms with Crippen molar-refractivity contribution in [2.75, 3.05) is 13.2 Å². The molecule has 0 saturated heterocycles. The predicted molar refractivity (Wildman–Crippen MR) is 101 cm³/mol. The van der Waals surface area contributed by atoms with Crippen molar-refractivity contribution in [3.8, 4) is 0 Å². The summed E-state index contributed by atoms with van der Waals surface area (Å²) < 4.78 is 5.88. The Morgan fingerprint density at radius 1 is 1.08 bits per heavy atom. The van der Waals surface area contributed by atoms with Gasteiger partial charge in [-0.1, -0.05) is 58.4 Å². The summed E-state index contributed by atoms with van der Waals surface area (Å²) in [7, 11) is 0. The molecule has 0 aromatic heterocycles. The van der Waals surface area contributed by atoms with Gasteiger partial charge in [0.15, 0.2) is 5.78 Å². The number of hydrogen-bond acceptors (Lipinski definition) is 4. The van der Waals surface area contributed by atoms with E-state index in [1.807, 2.05) is 54.6 Å². The number of Topliss-reactive ketones (excluding diaryl/α,β-unsaturated/α-hetero) is 1. The molecule has 1 atom stereocenters. The molecular formula is C20H22BrNO3. The van der Waals surface area contributed by atoms with Crippen molar-refractivity contribution < 1.29 is 14.3 Å². The average Bonchev–Trinajstić information content (AvgIpc) is 2.59. The molecule has 25 heavy (non-hydrogen) atoms. The molecule has 2 aromatic rings. The van der Waals surface area contributed by atoms with Gasteiger partial charge in [0.1, 0.15) is 0 Å². The predicted octanol–water partition coefficient (Wildman–Crippen LogP) is 3.32. The molecule has 4 nitrogen and oxygen atoms in total. The van der Waals surface area contributed by atoms with E-state index < -0.39 is 6.04 Å². The second-order valence-electron chi connectivity index (χ2n) is 5.70. The van der Waals surface area contributed by atoms with Crippen molar-refractivity contribution in [3.63, 3.8) is 0 Å². The summed E-state index contributed by atoms with van der Waals surface area (Å²) in [5.41, 5.74) is 1.99. The molecule has 0 saturated carbocycles. The molecule has 2 rings (SSSR count). The monoisotopic (exact) mass is 403 g/mol. The summed E-state index contributed by atoms with van der Waals surface area (Å²) in [4.78, 5) is 24.4. The van der Waals surface area contributed by atoms with Crippen LogP contribution in [-0.2, 0) is 27.2 Å². The molecule has 0 heterocycles. The Bertz CT molecular complexity index is 703. The van der Waals surface area contributed by atoms with Gasteiger partial charge in [0.25, 0.3) is 0 Å². The minimum Gasteiger partial charge on any atom is -0.465 e. The quantitative estimate of drug-likeness (QED) is 0.652. The Kier molecular flexibility index (Phi) is 7.82. The molecule has 0 unspecified atom stereocenters. The number of carbonyl (C=O) groups is 2. The fourth-order valence-electron chi connectivity index (χ4n) is 2.54. The van der Waals surface area contributed by atoms with E-state index in [1.165, 1.54) is 0 Å². The van der Waals surface area contributed by atoms with E-state index in [0.29, 0.717) is 19.4 Å². The molecule has 0 amide bonds. The topological polar surface area (TPSA) is 55.4 Å². The Labute approximate surface area is 156 Å². The van der Waals surface area contributed by atoms with Gasteiger partial charge in [-0.25, -0.2) is 0 Å². The normalized spacial score (nSPS) is 11.8. The van der Waals surface area contributed by atoms with Crippen LogP contribution in [0.2, 0.25) is 0 Å². The highest BCUT2D eigenvalue weighted by molar-refractivity contribution is 9.10. The molecule has 0 spiro atoms. The molecule has 0 aliphatic heterocycles. The second kappa shape index (κ2) is 10.1. The maximum Gasteiger partial charge on any atom is 0.319 e. The van der Waals surface area contributed by atoms with Crippen LogP contribution in [0.25, 0.3) is 0 Å². The smallest absolute Gasteiger partial charge is 0.319 e. The lowest BCUT2D eigenvalue weighted by molar-refractivity contribution is -0.142. The third kappa shape index (κ3) is 6.80. The van der Waals surface area contributed by atoms with Crippen molar-refractivity contribution >= 4 is 27.7 Å². The van der Waals surface area contributed by atoms with Crippen LogP contribution in [0.15, 0.2) is 59.1 Å². The van der Waals surface area contributed by atoms with Crippen molar-refractivity contribution in [2.45, 2.75) is 25.8 Å². The maximum absolute atomic E-state index is 12.8. The highest BCUT2D eigenvalue weighted by Crippen LogP contribution is 2.14. The van der Waals surface area contributed by atoms with Gasteiger partial charge >= 0.3 is 5.97 Å². The number of halogens is 1. The second-order valence-corrected chi connectivity index (χ2v) is 6.62. The molecule has 0 bridgehead atoms. The molecule has 0 radical (unpaired) electrons. The van der Waals surface area contributed by atoms with E-state index in [1.54, 1.807) is 6.92 Å². The largest absolute Gasteiger partial charge is 0.465 e. The van der Waals surface area contributed by atoms with Crippen LogP contribution >= 0.6 is 15.9 Å². The summed E-state index contributed by atoms with van der Waals surface area (Å²) in [6.45, 7) is 2.11. The van der Waals surface area contributed by atoms with Crippen LogP contribution in [0, 0.1) is 0 Å². The van der Waals surface area contributed by atoms with Crippen molar-refractivity contribution in [1.29, 1.82) is 0 Å². The highest BCUT2D eigenvalue weighted by Gasteiger charge is 2.20. The Hall–Kier alpha value is -1.98. The van der Waals surface area contributed by atoms with Crippen LogP contribution in [-0.4, -0.2) is 30.9 Å². The third-order valence-corrected chi connectivity index (χ3v) is 4.23. The molecule has 1 N–H and O–H groups in total. The fraction of sp³-hybridized carbons (Fsp3) is 0.300. The summed E-state index contributed by atoms with van der Waals surface area (Å²) in [5, 5.41) is 3.05. The lowest BCUT2D eigenvalue weighted by atomic mass is 9.97. The van der Waals surface area contributed by atoms with Gasteiger partial charge in [-0.2, -0.15) is 0 Å². The van der Waals surface area contributed by atoms with Gasteiger partial charge in [-0.05, 0) is 36.6 Å². The van der Waals surface area contributed by atoms with E-state index in [4.69, 9.17) is 4.74 Å². The van der Waals surface area contributed by atoms with Crippen LogP contribution in [0.1, 0.15) is 18.1 Å². The van der Waals surface area contributed by atoms with E-state index in [2.05, 4.69) is 21.2 Å². The molecule has 0 fully saturated rings. The lowest BCUT2D eigenvalue weighted by Gasteiger charge is -2.17. The summed E-state index contributed by atoms with van der Waals surface area (Å²) >= 11 is 3.42. The minimum atomic E-state index is -0.439. The molecule has 132 valence electrons. The van der Waals surface area contributed by atoms with E-state index in [9.17, 15) is 9.59 Å². The zero-order valence-corrected chi connectivity index (χ0v) is 15.8. The van der Waals surface area contributed by atoms with Gasteiger partial charge in [-0.15, -0.1) is 0 Å². The van der Waals surface area contributed by atoms with Gasteiger partial charge in [0.2, 0.25) is 0 Å². The number of benzene rings is 2. The first-order valence-electron chi connectivity index (χ1n) is 8.28. The number of nitrogens with one attached hydrogen (secondary N) is 1. The molecule has 2 aromatic carbocycles. The van der Waals surface area contributed by atoms with E-state index in [0.717, 1.165) is 15.6 Å². The van der Waals surface area contributed by atoms with Crippen molar-refractivity contribution in [3.05, 3.63) is 70.2 Å². The summed E-state index contributed by atoms with van der Waals surface area (Å²) in [5.74, 6) is -0.304. The van der Waals surface area contributed by atoms with Crippen LogP contribution in [0.4, 0.5) is 0 Å². The molecular weight excluding hydrogens is 382 g/mol. The maximum atomic E-state index is 12.8. The highest BCUT2D eigenvalue weighted by atomic mass is 79.9. The van der Waals surface area contributed by atoms with Crippen LogP contribution in [0.3, 0.4) is 0 Å². The molecule has 0 aliphatic carbocycles. The van der Waals surface area contributed by atoms with Crippen LogP contribution in [0.5, 0.6) is 0 Å². The van der Waals surface area contributed by atoms with Gasteiger partial charge in [-0.3, -0.25) is 14.9 Å². The van der Waals surface area contributed by atoms with Crippen molar-refractivity contribution in [2.24, 2.45) is 0 Å². The van der Waals surface area contributed by atoms with Gasteiger partial charge < -0.3 is 4.74 Å². The molecule has 5 heteroatoms. The number of esters is 1. The first kappa shape index (κ1) is 19.3. The zero-order valence-electron chi connectivity index (χ0n) is 14.2. The molecule has 0 aliphatic rings. The number of hydrogen-bond donors (Lipinski definition) is 1. The van der Waals surface area contributed by atoms with Gasteiger partial charge in [0, 0.05) is 10.9 Å². The Morgan fingerprint density at radius 3 is 2.48 bits per heavy atom. The first-order chi connectivity index (χ1) is 12.1.